The first kappa shape index (κ1) is 14.2. The number of anilines is 1. The Hall–Kier alpha value is -1.23. The molecule has 0 bridgehead atoms. The Morgan fingerprint density at radius 2 is 1.79 bits per heavy atom. The SMILES string of the molecule is CCC(Nc1ccccc1I)c1ccccc1OC. The highest BCUT2D eigenvalue weighted by Crippen LogP contribution is 2.31. The van der Waals surface area contributed by atoms with Gasteiger partial charge in [0, 0.05) is 14.8 Å². The van der Waals surface area contributed by atoms with Gasteiger partial charge in [-0.15, -0.1) is 0 Å². The Morgan fingerprint density at radius 3 is 2.47 bits per heavy atom. The second kappa shape index (κ2) is 6.80. The Morgan fingerprint density at radius 1 is 1.11 bits per heavy atom. The van der Waals surface area contributed by atoms with Crippen LogP contribution in [0.25, 0.3) is 0 Å². The fraction of sp³-hybridized carbons (Fsp3) is 0.250. The van der Waals surface area contributed by atoms with E-state index in [4.69, 9.17) is 4.74 Å². The van der Waals surface area contributed by atoms with E-state index in [0.717, 1.165) is 12.2 Å². The average molecular weight is 367 g/mol. The first-order valence-corrected chi connectivity index (χ1v) is 7.48. The molecule has 19 heavy (non-hydrogen) atoms. The molecule has 0 aliphatic carbocycles. The largest absolute Gasteiger partial charge is 0.496 e. The molecule has 0 spiro atoms. The van der Waals surface area contributed by atoms with Crippen LogP contribution in [0.5, 0.6) is 5.75 Å². The minimum absolute atomic E-state index is 0.257. The molecule has 0 radical (unpaired) electrons. The molecule has 0 aliphatic rings. The Bertz CT molecular complexity index is 542. The standard InChI is InChI=1S/C16H18INO/c1-3-14(12-8-4-7-11-16(12)19-2)18-15-10-6-5-9-13(15)17/h4-11,14,18H,3H2,1-2H3. The van der Waals surface area contributed by atoms with E-state index >= 15 is 0 Å². The van der Waals surface area contributed by atoms with Crippen LogP contribution < -0.4 is 10.1 Å². The third-order valence-corrected chi connectivity index (χ3v) is 4.07. The second-order valence-electron chi connectivity index (χ2n) is 4.33. The van der Waals surface area contributed by atoms with Crippen molar-refractivity contribution in [1.82, 2.24) is 0 Å². The zero-order valence-corrected chi connectivity index (χ0v) is 13.3. The van der Waals surface area contributed by atoms with Crippen LogP contribution in [0.1, 0.15) is 24.9 Å². The number of para-hydroxylation sites is 2. The van der Waals surface area contributed by atoms with Gasteiger partial charge in [-0.3, -0.25) is 0 Å². The number of benzene rings is 2. The minimum Gasteiger partial charge on any atom is -0.496 e. The van der Waals surface area contributed by atoms with Gasteiger partial charge >= 0.3 is 0 Å². The van der Waals surface area contributed by atoms with Gasteiger partial charge in [0.2, 0.25) is 0 Å². The van der Waals surface area contributed by atoms with Crippen molar-refractivity contribution in [1.29, 1.82) is 0 Å². The van der Waals surface area contributed by atoms with Gasteiger partial charge in [0.15, 0.2) is 0 Å². The van der Waals surface area contributed by atoms with Gasteiger partial charge in [-0.05, 0) is 47.2 Å². The summed E-state index contributed by atoms with van der Waals surface area (Å²) in [6.45, 7) is 2.18. The number of methoxy groups -OCH3 is 1. The predicted octanol–water partition coefficient (Wildman–Crippen LogP) is 4.86. The number of hydrogen-bond acceptors (Lipinski definition) is 2. The van der Waals surface area contributed by atoms with Crippen molar-refractivity contribution < 1.29 is 4.74 Å². The zero-order chi connectivity index (χ0) is 13.7. The van der Waals surface area contributed by atoms with E-state index in [1.54, 1.807) is 7.11 Å². The number of nitrogens with one attached hydrogen (secondary N) is 1. The van der Waals surface area contributed by atoms with Crippen LogP contribution >= 0.6 is 22.6 Å². The molecule has 0 saturated heterocycles. The lowest BCUT2D eigenvalue weighted by Gasteiger charge is -2.21. The first-order chi connectivity index (χ1) is 9.26. The van der Waals surface area contributed by atoms with Crippen molar-refractivity contribution in [2.45, 2.75) is 19.4 Å². The Labute approximate surface area is 128 Å². The van der Waals surface area contributed by atoms with Gasteiger partial charge in [0.1, 0.15) is 5.75 Å². The summed E-state index contributed by atoms with van der Waals surface area (Å²) >= 11 is 2.35. The zero-order valence-electron chi connectivity index (χ0n) is 11.2. The molecule has 100 valence electrons. The third-order valence-electron chi connectivity index (χ3n) is 3.13. The van der Waals surface area contributed by atoms with E-state index < -0.39 is 0 Å². The Kier molecular flexibility index (Phi) is 5.07. The second-order valence-corrected chi connectivity index (χ2v) is 5.49. The molecule has 1 atom stereocenters. The quantitative estimate of drug-likeness (QED) is 0.762. The summed E-state index contributed by atoms with van der Waals surface area (Å²) in [6, 6.07) is 16.8. The van der Waals surface area contributed by atoms with E-state index in [9.17, 15) is 0 Å². The van der Waals surface area contributed by atoms with Crippen molar-refractivity contribution in [3.8, 4) is 5.75 Å². The molecular weight excluding hydrogens is 349 g/mol. The van der Waals surface area contributed by atoms with Gasteiger partial charge in [-0.25, -0.2) is 0 Å². The van der Waals surface area contributed by atoms with Crippen LogP contribution in [0.4, 0.5) is 5.69 Å². The van der Waals surface area contributed by atoms with E-state index in [-0.39, 0.29) is 6.04 Å². The van der Waals surface area contributed by atoms with Crippen LogP contribution in [0.15, 0.2) is 48.5 Å². The van der Waals surface area contributed by atoms with Gasteiger partial charge in [0.25, 0.3) is 0 Å². The van der Waals surface area contributed by atoms with Gasteiger partial charge in [0.05, 0.1) is 13.2 Å². The highest BCUT2D eigenvalue weighted by atomic mass is 127. The summed E-state index contributed by atoms with van der Waals surface area (Å²) in [5.41, 5.74) is 2.37. The molecule has 0 heterocycles. The molecule has 1 unspecified atom stereocenters. The number of rotatable bonds is 5. The van der Waals surface area contributed by atoms with Crippen LogP contribution in [-0.2, 0) is 0 Å². The maximum atomic E-state index is 5.45. The van der Waals surface area contributed by atoms with Crippen LogP contribution in [0, 0.1) is 3.57 Å². The smallest absolute Gasteiger partial charge is 0.124 e. The molecule has 2 rings (SSSR count). The van der Waals surface area contributed by atoms with Crippen molar-refractivity contribution in [2.24, 2.45) is 0 Å². The van der Waals surface area contributed by atoms with Crippen LogP contribution in [0.2, 0.25) is 0 Å². The van der Waals surface area contributed by atoms with Crippen LogP contribution in [-0.4, -0.2) is 7.11 Å². The summed E-state index contributed by atoms with van der Waals surface area (Å²) in [7, 11) is 1.72. The van der Waals surface area contributed by atoms with Crippen molar-refractivity contribution in [2.75, 3.05) is 12.4 Å². The minimum atomic E-state index is 0.257. The molecule has 2 aromatic rings. The maximum absolute atomic E-state index is 5.45. The number of ether oxygens (including phenoxy) is 1. The normalized spacial score (nSPS) is 11.9. The number of halogens is 1. The monoisotopic (exact) mass is 367 g/mol. The highest BCUT2D eigenvalue weighted by Gasteiger charge is 2.14. The van der Waals surface area contributed by atoms with Gasteiger partial charge in [-0.2, -0.15) is 0 Å². The van der Waals surface area contributed by atoms with Crippen LogP contribution in [0.3, 0.4) is 0 Å². The van der Waals surface area contributed by atoms with Crippen molar-refractivity contribution in [3.63, 3.8) is 0 Å². The lowest BCUT2D eigenvalue weighted by atomic mass is 10.0. The topological polar surface area (TPSA) is 21.3 Å². The predicted molar refractivity (Wildman–Crippen MR) is 88.8 cm³/mol. The first-order valence-electron chi connectivity index (χ1n) is 6.40. The summed E-state index contributed by atoms with van der Waals surface area (Å²) in [5.74, 6) is 0.938. The fourth-order valence-corrected chi connectivity index (χ4v) is 2.66. The van der Waals surface area contributed by atoms with Gasteiger partial charge < -0.3 is 10.1 Å². The van der Waals surface area contributed by atoms with Crippen molar-refractivity contribution >= 4 is 28.3 Å². The summed E-state index contributed by atoms with van der Waals surface area (Å²) in [5, 5.41) is 3.60. The molecule has 0 aliphatic heterocycles. The lowest BCUT2D eigenvalue weighted by Crippen LogP contribution is -2.11. The molecular formula is C16H18INO. The summed E-state index contributed by atoms with van der Waals surface area (Å²) in [4.78, 5) is 0. The fourth-order valence-electron chi connectivity index (χ4n) is 2.12. The molecule has 0 fully saturated rings. The highest BCUT2D eigenvalue weighted by molar-refractivity contribution is 14.1. The van der Waals surface area contributed by atoms with E-state index in [2.05, 4.69) is 71.2 Å². The lowest BCUT2D eigenvalue weighted by molar-refractivity contribution is 0.406. The molecule has 2 aromatic carbocycles. The summed E-state index contributed by atoms with van der Waals surface area (Å²) < 4.78 is 6.68. The average Bonchev–Trinajstić information content (AvgIpc) is 2.46. The third kappa shape index (κ3) is 3.41. The van der Waals surface area contributed by atoms with E-state index in [1.807, 2.05) is 12.1 Å². The molecule has 1 N–H and O–H groups in total. The van der Waals surface area contributed by atoms with Crippen molar-refractivity contribution in [3.05, 3.63) is 57.7 Å². The molecule has 3 heteroatoms. The molecule has 2 nitrogen and oxygen atoms in total. The van der Waals surface area contributed by atoms with E-state index in [0.29, 0.717) is 0 Å². The number of hydrogen-bond donors (Lipinski definition) is 1. The summed E-state index contributed by atoms with van der Waals surface area (Å²) in [6.07, 6.45) is 1.01. The Balaban J connectivity index is 2.28. The molecule has 0 saturated carbocycles. The van der Waals surface area contributed by atoms with E-state index in [1.165, 1.54) is 14.8 Å². The van der Waals surface area contributed by atoms with Gasteiger partial charge in [-0.1, -0.05) is 37.3 Å². The molecule has 0 aromatic heterocycles. The molecule has 0 amide bonds. The maximum Gasteiger partial charge on any atom is 0.124 e.